The molecule has 2 heteroatoms. The highest BCUT2D eigenvalue weighted by molar-refractivity contribution is 5.26. The first-order valence-electron chi connectivity index (χ1n) is 4.75. The van der Waals surface area contributed by atoms with Gasteiger partial charge in [-0.3, -0.25) is 0 Å². The van der Waals surface area contributed by atoms with Gasteiger partial charge in [-0.25, -0.2) is 0 Å². The van der Waals surface area contributed by atoms with Gasteiger partial charge in [0.1, 0.15) is 5.76 Å². The molecule has 2 nitrogen and oxygen atoms in total. The van der Waals surface area contributed by atoms with Crippen molar-refractivity contribution in [3.05, 3.63) is 23.5 Å². The minimum Gasteiger partial charge on any atom is -0.494 e. The Bertz CT molecular complexity index is 192. The zero-order valence-corrected chi connectivity index (χ0v) is 9.42. The van der Waals surface area contributed by atoms with Crippen LogP contribution in [0.15, 0.2) is 23.5 Å². The Hall–Kier alpha value is -0.760. The second-order valence-electron chi connectivity index (χ2n) is 3.14. The van der Waals surface area contributed by atoms with Gasteiger partial charge in [-0.1, -0.05) is 6.08 Å². The van der Waals surface area contributed by atoms with Gasteiger partial charge in [-0.2, -0.15) is 0 Å². The third kappa shape index (κ3) is 4.73. The number of nitrogens with zero attached hydrogens (tertiary/aromatic N) is 1. The molecule has 0 aliphatic heterocycles. The summed E-state index contributed by atoms with van der Waals surface area (Å²) in [6, 6.07) is 0. The fourth-order valence-electron chi connectivity index (χ4n) is 1.17. The Morgan fingerprint density at radius 1 is 1.23 bits per heavy atom. The molecule has 0 aromatic heterocycles. The first-order valence-corrected chi connectivity index (χ1v) is 4.75. The lowest BCUT2D eigenvalue weighted by molar-refractivity contribution is 0.232. The van der Waals surface area contributed by atoms with Gasteiger partial charge >= 0.3 is 0 Å². The van der Waals surface area contributed by atoms with Crippen molar-refractivity contribution in [2.24, 2.45) is 0 Å². The summed E-state index contributed by atoms with van der Waals surface area (Å²) in [6.45, 7) is 7.71. The van der Waals surface area contributed by atoms with E-state index in [1.54, 1.807) is 0 Å². The summed E-state index contributed by atoms with van der Waals surface area (Å²) >= 11 is 0. The molecule has 0 fully saturated rings. The van der Waals surface area contributed by atoms with Crippen molar-refractivity contribution >= 4 is 0 Å². The molecule has 13 heavy (non-hydrogen) atoms. The molecule has 0 heterocycles. The molecule has 0 spiro atoms. The van der Waals surface area contributed by atoms with Crippen molar-refractivity contribution in [3.8, 4) is 0 Å². The van der Waals surface area contributed by atoms with Gasteiger partial charge in [-0.05, 0) is 40.9 Å². The average Bonchev–Trinajstić information content (AvgIpc) is 2.10. The van der Waals surface area contributed by atoms with Crippen LogP contribution < -0.4 is 0 Å². The maximum Gasteiger partial charge on any atom is 0.119 e. The number of likely N-dealkylation sites (N-methyl/N-ethyl adjacent to an activating group) is 1. The van der Waals surface area contributed by atoms with Crippen LogP contribution in [0.2, 0.25) is 0 Å². The van der Waals surface area contributed by atoms with Gasteiger partial charge in [-0.15, -0.1) is 0 Å². The number of rotatable bonds is 5. The van der Waals surface area contributed by atoms with E-state index in [1.165, 1.54) is 5.57 Å². The molecule has 0 aliphatic rings. The van der Waals surface area contributed by atoms with Crippen molar-refractivity contribution in [3.63, 3.8) is 0 Å². The molecule has 0 amide bonds. The summed E-state index contributed by atoms with van der Waals surface area (Å²) in [7, 11) is 4.12. The molecule has 0 rings (SSSR count). The Kier molecular flexibility index (Phi) is 6.33. The molecule has 0 radical (unpaired) electrons. The van der Waals surface area contributed by atoms with Gasteiger partial charge in [0, 0.05) is 12.1 Å². The van der Waals surface area contributed by atoms with E-state index in [-0.39, 0.29) is 0 Å². The molecule has 0 N–H and O–H groups in total. The largest absolute Gasteiger partial charge is 0.494 e. The van der Waals surface area contributed by atoms with Crippen LogP contribution in [0.1, 0.15) is 20.8 Å². The predicted molar refractivity (Wildman–Crippen MR) is 57.7 cm³/mol. The highest BCUT2D eigenvalue weighted by Crippen LogP contribution is 2.11. The summed E-state index contributed by atoms with van der Waals surface area (Å²) in [6.07, 6.45) is 4.12. The molecule has 0 saturated heterocycles. The lowest BCUT2D eigenvalue weighted by atomic mass is 10.2. The fraction of sp³-hybridized carbons (Fsp3) is 0.636. The monoisotopic (exact) mass is 183 g/mol. The Morgan fingerprint density at radius 3 is 2.15 bits per heavy atom. The van der Waals surface area contributed by atoms with E-state index in [0.717, 1.165) is 18.9 Å². The predicted octanol–water partition coefficient (Wildman–Crippen LogP) is 2.43. The van der Waals surface area contributed by atoms with Crippen LogP contribution in [-0.4, -0.2) is 32.1 Å². The standard InChI is InChI=1S/C11H21NO/c1-6-10(9-12(4)5)11(7-2)13-8-3/h6-7H,8-9H2,1-5H3/b10-6+,11-7-. The molecular formula is C11H21NO. The number of allylic oxidation sites excluding steroid dienone is 2. The van der Waals surface area contributed by atoms with Crippen molar-refractivity contribution in [2.75, 3.05) is 27.2 Å². The maximum atomic E-state index is 5.51. The molecule has 0 aromatic carbocycles. The number of hydrogen-bond donors (Lipinski definition) is 0. The Morgan fingerprint density at radius 2 is 1.85 bits per heavy atom. The molecule has 0 aromatic rings. The SMILES string of the molecule is C/C=C(OCC)/C(=C/C)CN(C)C. The molecule has 0 bridgehead atoms. The van der Waals surface area contributed by atoms with Crippen molar-refractivity contribution < 1.29 is 4.74 Å². The van der Waals surface area contributed by atoms with E-state index in [4.69, 9.17) is 4.74 Å². The van der Waals surface area contributed by atoms with Crippen LogP contribution in [0.3, 0.4) is 0 Å². The molecule has 0 atom stereocenters. The normalized spacial score (nSPS) is 13.7. The van der Waals surface area contributed by atoms with Crippen LogP contribution in [0.25, 0.3) is 0 Å². The quantitative estimate of drug-likeness (QED) is 0.479. The molecular weight excluding hydrogens is 162 g/mol. The summed E-state index contributed by atoms with van der Waals surface area (Å²) < 4.78 is 5.51. The molecule has 76 valence electrons. The fourth-order valence-corrected chi connectivity index (χ4v) is 1.17. The minimum absolute atomic E-state index is 0.727. The minimum atomic E-state index is 0.727. The Balaban J connectivity index is 4.38. The third-order valence-electron chi connectivity index (χ3n) is 1.71. The number of hydrogen-bond acceptors (Lipinski definition) is 2. The van der Waals surface area contributed by atoms with E-state index in [1.807, 2.05) is 26.8 Å². The van der Waals surface area contributed by atoms with E-state index in [2.05, 4.69) is 25.1 Å². The smallest absolute Gasteiger partial charge is 0.119 e. The zero-order chi connectivity index (χ0) is 10.3. The average molecular weight is 183 g/mol. The van der Waals surface area contributed by atoms with E-state index >= 15 is 0 Å². The zero-order valence-electron chi connectivity index (χ0n) is 9.42. The third-order valence-corrected chi connectivity index (χ3v) is 1.71. The highest BCUT2D eigenvalue weighted by Gasteiger charge is 2.04. The van der Waals surface area contributed by atoms with Crippen LogP contribution in [0.4, 0.5) is 0 Å². The van der Waals surface area contributed by atoms with Crippen molar-refractivity contribution in [1.29, 1.82) is 0 Å². The van der Waals surface area contributed by atoms with Crippen LogP contribution in [0, 0.1) is 0 Å². The molecule has 0 saturated carbocycles. The molecule has 0 unspecified atom stereocenters. The second-order valence-corrected chi connectivity index (χ2v) is 3.14. The highest BCUT2D eigenvalue weighted by atomic mass is 16.5. The van der Waals surface area contributed by atoms with Gasteiger partial charge in [0.15, 0.2) is 0 Å². The van der Waals surface area contributed by atoms with E-state index < -0.39 is 0 Å². The van der Waals surface area contributed by atoms with Crippen molar-refractivity contribution in [2.45, 2.75) is 20.8 Å². The lowest BCUT2D eigenvalue weighted by Gasteiger charge is -2.16. The molecule has 0 aliphatic carbocycles. The van der Waals surface area contributed by atoms with Crippen LogP contribution in [0.5, 0.6) is 0 Å². The second kappa shape index (κ2) is 6.72. The van der Waals surface area contributed by atoms with Gasteiger partial charge in [0.25, 0.3) is 0 Å². The Labute approximate surface area is 81.9 Å². The van der Waals surface area contributed by atoms with Gasteiger partial charge in [0.2, 0.25) is 0 Å². The maximum absolute atomic E-state index is 5.51. The topological polar surface area (TPSA) is 12.5 Å². The first-order chi connectivity index (χ1) is 6.15. The summed E-state index contributed by atoms with van der Waals surface area (Å²) in [5.74, 6) is 0.999. The summed E-state index contributed by atoms with van der Waals surface area (Å²) in [4.78, 5) is 2.14. The van der Waals surface area contributed by atoms with Crippen LogP contribution >= 0.6 is 0 Å². The van der Waals surface area contributed by atoms with E-state index in [0.29, 0.717) is 0 Å². The van der Waals surface area contributed by atoms with Gasteiger partial charge < -0.3 is 9.64 Å². The lowest BCUT2D eigenvalue weighted by Crippen LogP contribution is -2.17. The first kappa shape index (κ1) is 12.2. The van der Waals surface area contributed by atoms with Crippen LogP contribution in [-0.2, 0) is 4.74 Å². The van der Waals surface area contributed by atoms with Crippen molar-refractivity contribution in [1.82, 2.24) is 4.90 Å². The summed E-state index contributed by atoms with van der Waals surface area (Å²) in [5.41, 5.74) is 1.24. The summed E-state index contributed by atoms with van der Waals surface area (Å²) in [5, 5.41) is 0. The number of ether oxygens (including phenoxy) is 1. The van der Waals surface area contributed by atoms with E-state index in [9.17, 15) is 0 Å². The van der Waals surface area contributed by atoms with Gasteiger partial charge in [0.05, 0.1) is 6.61 Å².